The summed E-state index contributed by atoms with van der Waals surface area (Å²) in [6.45, 7) is 5.84. The third-order valence-electron chi connectivity index (χ3n) is 2.91. The van der Waals surface area contributed by atoms with Gasteiger partial charge in [-0.05, 0) is 35.9 Å². The lowest BCUT2D eigenvalue weighted by molar-refractivity contribution is 0.155. The lowest BCUT2D eigenvalue weighted by Crippen LogP contribution is -2.21. The van der Waals surface area contributed by atoms with Crippen LogP contribution in [0, 0.1) is 5.92 Å². The molecule has 0 aliphatic heterocycles. The van der Waals surface area contributed by atoms with E-state index in [9.17, 15) is 0 Å². The van der Waals surface area contributed by atoms with Gasteiger partial charge < -0.3 is 10.5 Å². The van der Waals surface area contributed by atoms with Crippen molar-refractivity contribution in [3.05, 3.63) is 35.4 Å². The maximum absolute atomic E-state index is 5.70. The Bertz CT molecular complexity index is 292. The van der Waals surface area contributed by atoms with Crippen molar-refractivity contribution in [2.45, 2.75) is 26.2 Å². The number of hydrogen-bond donors (Lipinski definition) is 1. The minimum atomic E-state index is 0.426. The van der Waals surface area contributed by atoms with Gasteiger partial charge in [0.15, 0.2) is 0 Å². The van der Waals surface area contributed by atoms with Crippen molar-refractivity contribution in [1.82, 2.24) is 0 Å². The summed E-state index contributed by atoms with van der Waals surface area (Å²) in [6.07, 6.45) is 1.00. The predicted octanol–water partition coefficient (Wildman–Crippen LogP) is 2.57. The van der Waals surface area contributed by atoms with Gasteiger partial charge in [0.25, 0.3) is 0 Å². The highest BCUT2D eigenvalue weighted by molar-refractivity contribution is 5.25. The van der Waals surface area contributed by atoms with Gasteiger partial charge in [0.2, 0.25) is 0 Å². The molecule has 1 atom stereocenters. The molecule has 0 amide bonds. The molecule has 1 rings (SSSR count). The Morgan fingerprint density at radius 2 is 1.81 bits per heavy atom. The first-order valence-corrected chi connectivity index (χ1v) is 5.95. The zero-order chi connectivity index (χ0) is 12.0. The van der Waals surface area contributed by atoms with Crippen LogP contribution >= 0.6 is 0 Å². The smallest absolute Gasteiger partial charge is 0.0505 e. The van der Waals surface area contributed by atoms with E-state index in [4.69, 9.17) is 10.5 Å². The molecule has 0 fully saturated rings. The van der Waals surface area contributed by atoms with E-state index in [1.165, 1.54) is 11.1 Å². The predicted molar refractivity (Wildman–Crippen MR) is 68.7 cm³/mol. The third kappa shape index (κ3) is 3.95. The van der Waals surface area contributed by atoms with Crippen LogP contribution in [0.15, 0.2) is 24.3 Å². The largest absolute Gasteiger partial charge is 0.384 e. The molecule has 0 aromatic heterocycles. The Morgan fingerprint density at radius 1 is 1.19 bits per heavy atom. The van der Waals surface area contributed by atoms with Gasteiger partial charge in [0, 0.05) is 7.11 Å². The van der Waals surface area contributed by atoms with Gasteiger partial charge >= 0.3 is 0 Å². The molecule has 0 spiro atoms. The summed E-state index contributed by atoms with van der Waals surface area (Å²) in [5.74, 6) is 1.02. The fraction of sp³-hybridized carbons (Fsp3) is 0.571. The molecule has 0 heterocycles. The summed E-state index contributed by atoms with van der Waals surface area (Å²) >= 11 is 0. The molecular formula is C14H23NO. The molecule has 1 unspecified atom stereocenters. The van der Waals surface area contributed by atoms with Crippen molar-refractivity contribution in [1.29, 1.82) is 0 Å². The van der Waals surface area contributed by atoms with Crippen LogP contribution in [-0.2, 0) is 11.2 Å². The van der Waals surface area contributed by atoms with Crippen LogP contribution < -0.4 is 5.73 Å². The van der Waals surface area contributed by atoms with Crippen LogP contribution in [-0.4, -0.2) is 20.3 Å². The van der Waals surface area contributed by atoms with Crippen molar-refractivity contribution >= 4 is 0 Å². The quantitative estimate of drug-likeness (QED) is 0.801. The Morgan fingerprint density at radius 3 is 2.25 bits per heavy atom. The number of methoxy groups -OCH3 is 1. The zero-order valence-electron chi connectivity index (χ0n) is 10.6. The minimum Gasteiger partial charge on any atom is -0.384 e. The van der Waals surface area contributed by atoms with Crippen LogP contribution in [0.3, 0.4) is 0 Å². The van der Waals surface area contributed by atoms with Crippen LogP contribution in [0.4, 0.5) is 0 Å². The second-order valence-electron chi connectivity index (χ2n) is 4.66. The van der Waals surface area contributed by atoms with E-state index in [1.807, 2.05) is 0 Å². The molecular weight excluding hydrogens is 198 g/mol. The average molecular weight is 221 g/mol. The highest BCUT2D eigenvalue weighted by atomic mass is 16.5. The van der Waals surface area contributed by atoms with Gasteiger partial charge in [0.1, 0.15) is 0 Å². The van der Waals surface area contributed by atoms with Gasteiger partial charge in [0.05, 0.1) is 6.61 Å². The van der Waals surface area contributed by atoms with Crippen LogP contribution in [0.25, 0.3) is 0 Å². The fourth-order valence-corrected chi connectivity index (χ4v) is 1.82. The summed E-state index contributed by atoms with van der Waals surface area (Å²) in [6, 6.07) is 8.82. The molecule has 0 radical (unpaired) electrons. The van der Waals surface area contributed by atoms with Crippen molar-refractivity contribution in [3.8, 4) is 0 Å². The van der Waals surface area contributed by atoms with Crippen molar-refractivity contribution in [2.24, 2.45) is 11.7 Å². The first kappa shape index (κ1) is 13.2. The van der Waals surface area contributed by atoms with Gasteiger partial charge in [-0.3, -0.25) is 0 Å². The zero-order valence-corrected chi connectivity index (χ0v) is 10.6. The Labute approximate surface area is 98.8 Å². The Hall–Kier alpha value is -0.860. The Kier molecular flexibility index (Phi) is 5.50. The molecule has 0 bridgehead atoms. The molecule has 1 aromatic carbocycles. The van der Waals surface area contributed by atoms with Crippen LogP contribution in [0.1, 0.15) is 30.9 Å². The van der Waals surface area contributed by atoms with E-state index in [-0.39, 0.29) is 0 Å². The third-order valence-corrected chi connectivity index (χ3v) is 2.91. The molecule has 0 saturated carbocycles. The second-order valence-corrected chi connectivity index (χ2v) is 4.66. The highest BCUT2D eigenvalue weighted by Crippen LogP contribution is 2.16. The number of benzene rings is 1. The van der Waals surface area contributed by atoms with E-state index in [0.29, 0.717) is 18.4 Å². The van der Waals surface area contributed by atoms with E-state index in [2.05, 4.69) is 38.1 Å². The molecule has 16 heavy (non-hydrogen) atoms. The van der Waals surface area contributed by atoms with Crippen molar-refractivity contribution < 1.29 is 4.74 Å². The SMILES string of the molecule is COCC(CN)Cc1ccc(C(C)C)cc1. The standard InChI is InChI=1S/C14H23NO/c1-11(2)14-6-4-12(5-7-14)8-13(9-15)10-16-3/h4-7,11,13H,8-10,15H2,1-3H3. The summed E-state index contributed by atoms with van der Waals surface area (Å²) in [5, 5.41) is 0. The first-order chi connectivity index (χ1) is 7.67. The van der Waals surface area contributed by atoms with E-state index in [1.54, 1.807) is 7.11 Å². The van der Waals surface area contributed by atoms with Gasteiger partial charge in [-0.2, -0.15) is 0 Å². The molecule has 2 N–H and O–H groups in total. The van der Waals surface area contributed by atoms with Crippen molar-refractivity contribution in [2.75, 3.05) is 20.3 Å². The average Bonchev–Trinajstić information content (AvgIpc) is 2.29. The molecule has 0 aliphatic carbocycles. The van der Waals surface area contributed by atoms with Crippen LogP contribution in [0.2, 0.25) is 0 Å². The van der Waals surface area contributed by atoms with Crippen LogP contribution in [0.5, 0.6) is 0 Å². The summed E-state index contributed by atoms with van der Waals surface area (Å²) < 4.78 is 5.15. The maximum atomic E-state index is 5.70. The molecule has 90 valence electrons. The molecule has 0 saturated heterocycles. The topological polar surface area (TPSA) is 35.2 Å². The Balaban J connectivity index is 2.60. The number of rotatable bonds is 6. The normalized spacial score (nSPS) is 13.1. The summed E-state index contributed by atoms with van der Waals surface area (Å²) in [5.41, 5.74) is 8.44. The molecule has 2 nitrogen and oxygen atoms in total. The van der Waals surface area contributed by atoms with Gasteiger partial charge in [-0.15, -0.1) is 0 Å². The highest BCUT2D eigenvalue weighted by Gasteiger charge is 2.07. The van der Waals surface area contributed by atoms with Gasteiger partial charge in [-0.1, -0.05) is 38.1 Å². The summed E-state index contributed by atoms with van der Waals surface area (Å²) in [7, 11) is 1.73. The fourth-order valence-electron chi connectivity index (χ4n) is 1.82. The number of hydrogen-bond acceptors (Lipinski definition) is 2. The lowest BCUT2D eigenvalue weighted by Gasteiger charge is -2.14. The van der Waals surface area contributed by atoms with Gasteiger partial charge in [-0.25, -0.2) is 0 Å². The monoisotopic (exact) mass is 221 g/mol. The summed E-state index contributed by atoms with van der Waals surface area (Å²) in [4.78, 5) is 0. The lowest BCUT2D eigenvalue weighted by atomic mass is 9.96. The number of ether oxygens (including phenoxy) is 1. The van der Waals surface area contributed by atoms with E-state index < -0.39 is 0 Å². The second kappa shape index (κ2) is 6.66. The van der Waals surface area contributed by atoms with E-state index in [0.717, 1.165) is 13.0 Å². The minimum absolute atomic E-state index is 0.426. The van der Waals surface area contributed by atoms with Crippen molar-refractivity contribution in [3.63, 3.8) is 0 Å². The molecule has 1 aromatic rings. The number of nitrogens with two attached hydrogens (primary N) is 1. The molecule has 0 aliphatic rings. The van der Waals surface area contributed by atoms with E-state index >= 15 is 0 Å². The first-order valence-electron chi connectivity index (χ1n) is 5.95. The maximum Gasteiger partial charge on any atom is 0.0505 e. The molecule has 2 heteroatoms.